The van der Waals surface area contributed by atoms with Gasteiger partial charge in [0.25, 0.3) is 0 Å². The van der Waals surface area contributed by atoms with Crippen molar-refractivity contribution in [1.29, 1.82) is 0 Å². The summed E-state index contributed by atoms with van der Waals surface area (Å²) in [6.07, 6.45) is -6.26. The quantitative estimate of drug-likeness (QED) is 0.170. The van der Waals surface area contributed by atoms with Gasteiger partial charge in [0.05, 0.1) is 11.1 Å². The summed E-state index contributed by atoms with van der Waals surface area (Å²) >= 11 is 0. The first-order chi connectivity index (χ1) is 17.9. The summed E-state index contributed by atoms with van der Waals surface area (Å²) in [5, 5.41) is 10.1. The molecule has 0 saturated carbocycles. The smallest absolute Gasteiger partial charge is 0.337 e. The lowest BCUT2D eigenvalue weighted by Gasteiger charge is -2.15. The molecule has 3 aromatic rings. The van der Waals surface area contributed by atoms with Gasteiger partial charge in [-0.3, -0.25) is 0 Å². The Kier molecular flexibility index (Phi) is 9.42. The van der Waals surface area contributed by atoms with Crippen molar-refractivity contribution < 1.29 is 31.1 Å². The van der Waals surface area contributed by atoms with E-state index in [0.717, 1.165) is 0 Å². The first kappa shape index (κ1) is 28.6. The lowest BCUT2D eigenvalue weighted by molar-refractivity contribution is -0.143. The van der Waals surface area contributed by atoms with Crippen LogP contribution in [0.3, 0.4) is 0 Å². The highest BCUT2D eigenvalue weighted by molar-refractivity contribution is 5.89. The van der Waals surface area contributed by atoms with E-state index in [1.165, 1.54) is 16.3 Å². The maximum absolute atomic E-state index is 12.9. The van der Waals surface area contributed by atoms with Crippen molar-refractivity contribution in [2.75, 3.05) is 18.4 Å². The van der Waals surface area contributed by atoms with E-state index in [1.807, 2.05) is 29.6 Å². The van der Waals surface area contributed by atoms with E-state index >= 15 is 0 Å². The molecule has 4 nitrogen and oxygen atoms in total. The SMILES string of the molecule is C[C@@H](NCC=CC#CCCNC(=O)Nc1cc(C(F)(F)F)cc(C(F)(F)F)c1)c1cccc2ccccc12. The van der Waals surface area contributed by atoms with Gasteiger partial charge in [-0.25, -0.2) is 4.79 Å². The fraction of sp³-hybridized carbons (Fsp3) is 0.250. The van der Waals surface area contributed by atoms with Crippen LogP contribution in [0.5, 0.6) is 0 Å². The molecule has 0 bridgehead atoms. The van der Waals surface area contributed by atoms with Crippen LogP contribution in [0.15, 0.2) is 72.8 Å². The van der Waals surface area contributed by atoms with Gasteiger partial charge in [-0.05, 0) is 47.5 Å². The highest BCUT2D eigenvalue weighted by Crippen LogP contribution is 2.37. The molecule has 3 N–H and O–H groups in total. The molecular formula is C28H25F6N3O. The van der Waals surface area contributed by atoms with Gasteiger partial charge >= 0.3 is 18.4 Å². The van der Waals surface area contributed by atoms with E-state index in [1.54, 1.807) is 6.08 Å². The van der Waals surface area contributed by atoms with E-state index in [-0.39, 0.29) is 25.1 Å². The lowest BCUT2D eigenvalue weighted by atomic mass is 10.00. The van der Waals surface area contributed by atoms with Gasteiger partial charge in [-0.1, -0.05) is 60.4 Å². The summed E-state index contributed by atoms with van der Waals surface area (Å²) in [5.74, 6) is 5.61. The average Bonchev–Trinajstić information content (AvgIpc) is 2.86. The fourth-order valence-corrected chi connectivity index (χ4v) is 3.67. The number of nitrogens with one attached hydrogen (secondary N) is 3. The van der Waals surface area contributed by atoms with Crippen molar-refractivity contribution in [2.45, 2.75) is 31.7 Å². The molecule has 0 aromatic heterocycles. The van der Waals surface area contributed by atoms with Crippen molar-refractivity contribution >= 4 is 22.5 Å². The third-order valence-corrected chi connectivity index (χ3v) is 5.52. The molecule has 1 atom stereocenters. The summed E-state index contributed by atoms with van der Waals surface area (Å²) in [6.45, 7) is 2.70. The zero-order valence-corrected chi connectivity index (χ0v) is 20.3. The van der Waals surface area contributed by atoms with Crippen LogP contribution in [0.1, 0.15) is 36.1 Å². The van der Waals surface area contributed by atoms with Crippen LogP contribution >= 0.6 is 0 Å². The Morgan fingerprint density at radius 3 is 2.29 bits per heavy atom. The molecule has 3 aromatic carbocycles. The van der Waals surface area contributed by atoms with Gasteiger partial charge in [0.2, 0.25) is 0 Å². The van der Waals surface area contributed by atoms with Crippen molar-refractivity contribution in [3.05, 3.63) is 89.5 Å². The third kappa shape index (κ3) is 8.28. The molecule has 10 heteroatoms. The normalized spacial score (nSPS) is 12.7. The lowest BCUT2D eigenvalue weighted by Crippen LogP contribution is -2.29. The molecule has 0 aliphatic carbocycles. The predicted molar refractivity (Wildman–Crippen MR) is 135 cm³/mol. The Morgan fingerprint density at radius 2 is 1.61 bits per heavy atom. The van der Waals surface area contributed by atoms with Gasteiger partial charge in [0.1, 0.15) is 0 Å². The first-order valence-electron chi connectivity index (χ1n) is 11.6. The monoisotopic (exact) mass is 533 g/mol. The van der Waals surface area contributed by atoms with Gasteiger partial charge < -0.3 is 16.0 Å². The molecule has 0 heterocycles. The third-order valence-electron chi connectivity index (χ3n) is 5.52. The standard InChI is InChI=1S/C28H25F6N3O/c1-19(24-13-9-11-20-10-5-6-12-25(20)24)35-14-7-3-2-4-8-15-36-26(38)37-23-17-21(27(29,30)31)16-22(18-23)28(32,33)34/h3,5-7,9-13,16-19,35H,8,14-15H2,1H3,(H2,36,37,38)/t19-/m1/s1. The van der Waals surface area contributed by atoms with E-state index in [4.69, 9.17) is 0 Å². The van der Waals surface area contributed by atoms with Crippen molar-refractivity contribution in [3.8, 4) is 11.8 Å². The first-order valence-corrected chi connectivity index (χ1v) is 11.6. The summed E-state index contributed by atoms with van der Waals surface area (Å²) in [6, 6.07) is 14.3. The number of rotatable bonds is 7. The van der Waals surface area contributed by atoms with Crippen LogP contribution in [-0.2, 0) is 12.4 Å². The Morgan fingerprint density at radius 1 is 0.947 bits per heavy atom. The van der Waals surface area contributed by atoms with Crippen molar-refractivity contribution in [1.82, 2.24) is 10.6 Å². The number of fused-ring (bicyclic) bond motifs is 1. The van der Waals surface area contributed by atoms with Crippen LogP contribution in [0.25, 0.3) is 10.8 Å². The molecule has 200 valence electrons. The molecule has 0 aliphatic heterocycles. The maximum atomic E-state index is 12.9. The number of amides is 2. The summed E-state index contributed by atoms with van der Waals surface area (Å²) in [4.78, 5) is 11.9. The number of alkyl halides is 6. The molecular weight excluding hydrogens is 508 g/mol. The average molecular weight is 534 g/mol. The molecule has 2 amide bonds. The molecule has 0 unspecified atom stereocenters. The highest BCUT2D eigenvalue weighted by atomic mass is 19.4. The zero-order valence-electron chi connectivity index (χ0n) is 20.3. The van der Waals surface area contributed by atoms with Crippen LogP contribution in [0.4, 0.5) is 36.8 Å². The number of hydrogen-bond acceptors (Lipinski definition) is 2. The number of hydrogen-bond donors (Lipinski definition) is 3. The molecule has 38 heavy (non-hydrogen) atoms. The summed E-state index contributed by atoms with van der Waals surface area (Å²) < 4.78 is 77.6. The Balaban J connectivity index is 1.43. The van der Waals surface area contributed by atoms with Crippen LogP contribution in [-0.4, -0.2) is 19.1 Å². The van der Waals surface area contributed by atoms with Gasteiger partial charge in [-0.2, -0.15) is 26.3 Å². The fourth-order valence-electron chi connectivity index (χ4n) is 3.67. The van der Waals surface area contributed by atoms with Gasteiger partial charge in [-0.15, -0.1) is 0 Å². The largest absolute Gasteiger partial charge is 0.416 e. The number of halogens is 6. The van der Waals surface area contributed by atoms with Crippen LogP contribution < -0.4 is 16.0 Å². The minimum atomic E-state index is -5.00. The predicted octanol–water partition coefficient (Wildman–Crippen LogP) is 7.30. The Hall–Kier alpha value is -3.97. The van der Waals surface area contributed by atoms with E-state index in [2.05, 4.69) is 53.7 Å². The van der Waals surface area contributed by atoms with Crippen LogP contribution in [0.2, 0.25) is 0 Å². The number of allylic oxidation sites excluding steroid dienone is 1. The second-order valence-electron chi connectivity index (χ2n) is 8.35. The van der Waals surface area contributed by atoms with Crippen LogP contribution in [0, 0.1) is 11.8 Å². The maximum Gasteiger partial charge on any atom is 0.416 e. The molecule has 0 fully saturated rings. The minimum Gasteiger partial charge on any atom is -0.337 e. The molecule has 3 rings (SSSR count). The minimum absolute atomic E-state index is 0.00793. The number of carbonyl (C=O) groups is 1. The van der Waals surface area contributed by atoms with Gasteiger partial charge in [0.15, 0.2) is 0 Å². The molecule has 0 aliphatic rings. The number of carbonyl (C=O) groups excluding carboxylic acids is 1. The highest BCUT2D eigenvalue weighted by Gasteiger charge is 2.37. The molecule has 0 spiro atoms. The summed E-state index contributed by atoms with van der Waals surface area (Å²) in [7, 11) is 0. The van der Waals surface area contributed by atoms with Gasteiger partial charge in [0, 0.05) is 31.2 Å². The number of anilines is 1. The van der Waals surface area contributed by atoms with Crippen molar-refractivity contribution in [3.63, 3.8) is 0 Å². The number of urea groups is 1. The Bertz CT molecular complexity index is 1310. The van der Waals surface area contributed by atoms with Crippen molar-refractivity contribution in [2.24, 2.45) is 0 Å². The van der Waals surface area contributed by atoms with E-state index in [9.17, 15) is 31.1 Å². The molecule has 0 saturated heterocycles. The summed E-state index contributed by atoms with van der Waals surface area (Å²) in [5.41, 5.74) is -2.46. The topological polar surface area (TPSA) is 53.2 Å². The zero-order chi connectivity index (χ0) is 27.8. The van der Waals surface area contributed by atoms with E-state index in [0.29, 0.717) is 18.7 Å². The Labute approximate surface area is 216 Å². The van der Waals surface area contributed by atoms with E-state index < -0.39 is 35.2 Å². The second-order valence-corrected chi connectivity index (χ2v) is 8.35. The molecule has 0 radical (unpaired) electrons. The number of benzene rings is 3. The second kappa shape index (κ2) is 12.5.